The van der Waals surface area contributed by atoms with Crippen LogP contribution in [-0.4, -0.2) is 0 Å². The first-order chi connectivity index (χ1) is 4.74. The molecule has 0 nitrogen and oxygen atoms in total. The Morgan fingerprint density at radius 2 is 2.10 bits per heavy atom. The van der Waals surface area contributed by atoms with Crippen LogP contribution in [0.1, 0.15) is 33.1 Å². The molecule has 3 saturated carbocycles. The van der Waals surface area contributed by atoms with Crippen LogP contribution in [0.4, 0.5) is 0 Å². The fourth-order valence-electron chi connectivity index (χ4n) is 3.58. The Bertz CT molecular complexity index is 182. The summed E-state index contributed by atoms with van der Waals surface area (Å²) < 4.78 is 0. The number of rotatable bonds is 1. The van der Waals surface area contributed by atoms with Gasteiger partial charge in [0, 0.05) is 0 Å². The van der Waals surface area contributed by atoms with E-state index in [1.165, 1.54) is 11.8 Å². The van der Waals surface area contributed by atoms with Crippen molar-refractivity contribution in [3.63, 3.8) is 0 Å². The van der Waals surface area contributed by atoms with Gasteiger partial charge < -0.3 is 0 Å². The molecule has 56 valence electrons. The molecule has 4 atom stereocenters. The lowest BCUT2D eigenvalue weighted by atomic mass is 9.89. The lowest BCUT2D eigenvalue weighted by molar-refractivity contribution is 0.328. The third kappa shape index (κ3) is 0.436. The Morgan fingerprint density at radius 3 is 2.40 bits per heavy atom. The van der Waals surface area contributed by atoms with Gasteiger partial charge in [-0.25, -0.2) is 0 Å². The van der Waals surface area contributed by atoms with Gasteiger partial charge in [0.15, 0.2) is 0 Å². The molecule has 0 heteroatoms. The molecule has 0 aliphatic heterocycles. The maximum atomic E-state index is 2.40. The van der Waals surface area contributed by atoms with Crippen LogP contribution in [0.25, 0.3) is 0 Å². The standard InChI is InChI=1S/C10H16/c1-6(2)8-3-7-4-10(7)5-9(8)10/h6-9H,3-5H2,1-2H3. The van der Waals surface area contributed by atoms with Crippen LogP contribution in [0.5, 0.6) is 0 Å². The minimum absolute atomic E-state index is 0.970. The van der Waals surface area contributed by atoms with Crippen molar-refractivity contribution in [1.29, 1.82) is 0 Å². The summed E-state index contributed by atoms with van der Waals surface area (Å²) in [5.41, 5.74) is 0.981. The summed E-state index contributed by atoms with van der Waals surface area (Å²) in [5.74, 6) is 4.48. The summed E-state index contributed by atoms with van der Waals surface area (Å²) in [6, 6.07) is 0. The molecule has 0 saturated heterocycles. The smallest absolute Gasteiger partial charge is 0.0232 e. The van der Waals surface area contributed by atoms with Crippen LogP contribution in [-0.2, 0) is 0 Å². The minimum atomic E-state index is 0.970. The van der Waals surface area contributed by atoms with E-state index in [1.807, 2.05) is 0 Å². The maximum absolute atomic E-state index is 2.40. The van der Waals surface area contributed by atoms with Gasteiger partial charge >= 0.3 is 0 Å². The molecule has 3 rings (SSSR count). The van der Waals surface area contributed by atoms with Crippen LogP contribution in [0, 0.1) is 29.1 Å². The monoisotopic (exact) mass is 136 g/mol. The molecule has 0 aromatic carbocycles. The molecule has 3 fully saturated rings. The summed E-state index contributed by atoms with van der Waals surface area (Å²) in [6.45, 7) is 4.81. The van der Waals surface area contributed by atoms with Crippen molar-refractivity contribution in [3.8, 4) is 0 Å². The zero-order valence-electron chi connectivity index (χ0n) is 6.93. The van der Waals surface area contributed by atoms with E-state index in [2.05, 4.69) is 13.8 Å². The van der Waals surface area contributed by atoms with Crippen molar-refractivity contribution in [1.82, 2.24) is 0 Å². The van der Waals surface area contributed by atoms with Gasteiger partial charge in [0.1, 0.15) is 0 Å². The van der Waals surface area contributed by atoms with Gasteiger partial charge in [-0.2, -0.15) is 0 Å². The molecule has 0 heterocycles. The Morgan fingerprint density at radius 1 is 1.30 bits per heavy atom. The van der Waals surface area contributed by atoms with Crippen LogP contribution in [0.15, 0.2) is 0 Å². The molecule has 4 unspecified atom stereocenters. The highest BCUT2D eigenvalue weighted by Gasteiger charge is 2.76. The lowest BCUT2D eigenvalue weighted by Gasteiger charge is -2.16. The second-order valence-electron chi connectivity index (χ2n) is 5.09. The normalized spacial score (nSPS) is 62.1. The molecule has 1 spiro atoms. The molecule has 3 aliphatic carbocycles. The Balaban J connectivity index is 1.82. The largest absolute Gasteiger partial charge is 0.0625 e. The van der Waals surface area contributed by atoms with Crippen molar-refractivity contribution in [2.45, 2.75) is 33.1 Å². The van der Waals surface area contributed by atoms with Gasteiger partial charge in [-0.1, -0.05) is 13.8 Å². The summed E-state index contributed by atoms with van der Waals surface area (Å²) in [4.78, 5) is 0. The highest BCUT2D eigenvalue weighted by molar-refractivity contribution is 5.25. The quantitative estimate of drug-likeness (QED) is 0.520. The van der Waals surface area contributed by atoms with Crippen molar-refractivity contribution >= 4 is 0 Å². The zero-order chi connectivity index (χ0) is 6.93. The van der Waals surface area contributed by atoms with Crippen molar-refractivity contribution in [3.05, 3.63) is 0 Å². The summed E-state index contributed by atoms with van der Waals surface area (Å²) in [7, 11) is 0. The third-order valence-corrected chi connectivity index (χ3v) is 4.39. The van der Waals surface area contributed by atoms with E-state index in [1.54, 1.807) is 19.3 Å². The second-order valence-corrected chi connectivity index (χ2v) is 5.09. The molecule has 0 aromatic rings. The zero-order valence-corrected chi connectivity index (χ0v) is 6.93. The Labute approximate surface area is 63.0 Å². The molecule has 0 aromatic heterocycles. The molecule has 0 radical (unpaired) electrons. The van der Waals surface area contributed by atoms with Gasteiger partial charge in [0.05, 0.1) is 0 Å². The highest BCUT2D eigenvalue weighted by atomic mass is 14.8. The van der Waals surface area contributed by atoms with E-state index in [9.17, 15) is 0 Å². The predicted molar refractivity (Wildman–Crippen MR) is 41.6 cm³/mol. The third-order valence-electron chi connectivity index (χ3n) is 4.39. The average Bonchev–Trinajstić information content (AvgIpc) is 2.71. The van der Waals surface area contributed by atoms with Crippen molar-refractivity contribution in [2.75, 3.05) is 0 Å². The van der Waals surface area contributed by atoms with Crippen LogP contribution >= 0.6 is 0 Å². The van der Waals surface area contributed by atoms with Gasteiger partial charge in [-0.15, -0.1) is 0 Å². The molecule has 0 bridgehead atoms. The molecular formula is C10H16. The van der Waals surface area contributed by atoms with E-state index in [0.717, 1.165) is 17.3 Å². The first-order valence-electron chi connectivity index (χ1n) is 4.74. The summed E-state index contributed by atoms with van der Waals surface area (Å²) in [6.07, 6.45) is 4.81. The first kappa shape index (κ1) is 5.62. The highest BCUT2D eigenvalue weighted by Crippen LogP contribution is 2.84. The van der Waals surface area contributed by atoms with Gasteiger partial charge in [-0.3, -0.25) is 0 Å². The van der Waals surface area contributed by atoms with E-state index < -0.39 is 0 Å². The van der Waals surface area contributed by atoms with Crippen LogP contribution in [0.3, 0.4) is 0 Å². The Hall–Kier alpha value is 0. The van der Waals surface area contributed by atoms with E-state index in [-0.39, 0.29) is 0 Å². The molecule has 0 amide bonds. The SMILES string of the molecule is CC(C)C1CC2CC23CC13. The lowest BCUT2D eigenvalue weighted by Crippen LogP contribution is -2.09. The second kappa shape index (κ2) is 1.31. The van der Waals surface area contributed by atoms with Crippen LogP contribution < -0.4 is 0 Å². The fourth-order valence-corrected chi connectivity index (χ4v) is 3.58. The molecule has 10 heavy (non-hydrogen) atoms. The average molecular weight is 136 g/mol. The van der Waals surface area contributed by atoms with Crippen molar-refractivity contribution in [2.24, 2.45) is 29.1 Å². The van der Waals surface area contributed by atoms with Gasteiger partial charge in [0.25, 0.3) is 0 Å². The first-order valence-corrected chi connectivity index (χ1v) is 4.74. The van der Waals surface area contributed by atoms with Crippen LogP contribution in [0.2, 0.25) is 0 Å². The van der Waals surface area contributed by atoms with Gasteiger partial charge in [0.2, 0.25) is 0 Å². The van der Waals surface area contributed by atoms with Crippen molar-refractivity contribution < 1.29 is 0 Å². The number of hydrogen-bond donors (Lipinski definition) is 0. The Kier molecular flexibility index (Phi) is 0.735. The molecule has 0 N–H and O–H groups in total. The topological polar surface area (TPSA) is 0 Å². The van der Waals surface area contributed by atoms with E-state index in [4.69, 9.17) is 0 Å². The molecular weight excluding hydrogens is 120 g/mol. The van der Waals surface area contributed by atoms with E-state index >= 15 is 0 Å². The molecule has 3 aliphatic rings. The summed E-state index contributed by atoms with van der Waals surface area (Å²) >= 11 is 0. The minimum Gasteiger partial charge on any atom is -0.0625 e. The predicted octanol–water partition coefficient (Wildman–Crippen LogP) is 2.69. The van der Waals surface area contributed by atoms with E-state index in [0.29, 0.717) is 0 Å². The maximum Gasteiger partial charge on any atom is -0.0232 e. The number of hydrogen-bond acceptors (Lipinski definition) is 0. The van der Waals surface area contributed by atoms with Gasteiger partial charge in [-0.05, 0) is 48.3 Å². The fraction of sp³-hybridized carbons (Fsp3) is 1.00. The summed E-state index contributed by atoms with van der Waals surface area (Å²) in [5, 5.41) is 0.